The predicted molar refractivity (Wildman–Crippen MR) is 230 cm³/mol. The quantitative estimate of drug-likeness (QED) is 0.172. The Labute approximate surface area is 322 Å². The molecule has 1 aliphatic carbocycles. The van der Waals surface area contributed by atoms with Gasteiger partial charge < -0.3 is 0 Å². The first-order chi connectivity index (χ1) is 27.0. The van der Waals surface area contributed by atoms with Crippen LogP contribution in [-0.4, -0.2) is 9.97 Å². The van der Waals surface area contributed by atoms with Crippen molar-refractivity contribution in [1.82, 2.24) is 9.97 Å². The molecule has 260 valence electrons. The minimum absolute atomic E-state index is 0.0637. The maximum absolute atomic E-state index is 5.27. The maximum atomic E-state index is 5.27. The molecule has 0 atom stereocenters. The zero-order valence-corrected chi connectivity index (χ0v) is 30.9. The molecule has 0 radical (unpaired) electrons. The summed E-state index contributed by atoms with van der Waals surface area (Å²) in [6, 6.07) is 69.5. The molecule has 1 aliphatic rings. The van der Waals surface area contributed by atoms with Gasteiger partial charge in [0.15, 0.2) is 5.82 Å². The number of nitrogens with zero attached hydrogens (tertiary/aromatic N) is 2. The van der Waals surface area contributed by atoms with Crippen LogP contribution in [0.15, 0.2) is 194 Å². The van der Waals surface area contributed by atoms with Crippen LogP contribution in [0.25, 0.3) is 89.2 Å². The highest BCUT2D eigenvalue weighted by atomic mass is 14.9. The van der Waals surface area contributed by atoms with Crippen molar-refractivity contribution in [3.05, 3.63) is 205 Å². The van der Waals surface area contributed by atoms with E-state index in [1.54, 1.807) is 0 Å². The lowest BCUT2D eigenvalue weighted by Crippen LogP contribution is -2.14. The van der Waals surface area contributed by atoms with Crippen LogP contribution in [0.5, 0.6) is 0 Å². The van der Waals surface area contributed by atoms with E-state index in [0.29, 0.717) is 5.82 Å². The summed E-state index contributed by atoms with van der Waals surface area (Å²) in [4.78, 5) is 10.5. The molecule has 0 saturated carbocycles. The molecule has 0 N–H and O–H groups in total. The van der Waals surface area contributed by atoms with Crippen LogP contribution < -0.4 is 0 Å². The van der Waals surface area contributed by atoms with Crippen molar-refractivity contribution in [1.29, 1.82) is 0 Å². The van der Waals surface area contributed by atoms with Gasteiger partial charge in [-0.15, -0.1) is 0 Å². The predicted octanol–water partition coefficient (Wildman–Crippen LogP) is 13.9. The van der Waals surface area contributed by atoms with Crippen LogP contribution in [0.4, 0.5) is 0 Å². The third-order valence-corrected chi connectivity index (χ3v) is 11.3. The maximum Gasteiger partial charge on any atom is 0.160 e. The summed E-state index contributed by atoms with van der Waals surface area (Å²) in [5, 5.41) is 2.37. The fourth-order valence-electron chi connectivity index (χ4n) is 8.53. The molecule has 0 aliphatic heterocycles. The third kappa shape index (κ3) is 5.66. The molecule has 0 unspecified atom stereocenters. The molecule has 2 heteroatoms. The molecule has 0 spiro atoms. The highest BCUT2D eigenvalue weighted by molar-refractivity contribution is 6.08. The van der Waals surface area contributed by atoms with Crippen LogP contribution in [0.3, 0.4) is 0 Å². The third-order valence-electron chi connectivity index (χ3n) is 11.3. The molecule has 8 aromatic carbocycles. The molecular formula is C53H38N2. The van der Waals surface area contributed by atoms with Gasteiger partial charge in [-0.25, -0.2) is 9.97 Å². The van der Waals surface area contributed by atoms with Crippen molar-refractivity contribution < 1.29 is 0 Å². The minimum atomic E-state index is -0.0637. The molecule has 0 fully saturated rings. The second-order valence-corrected chi connectivity index (χ2v) is 15.0. The van der Waals surface area contributed by atoms with Crippen molar-refractivity contribution in [2.75, 3.05) is 0 Å². The van der Waals surface area contributed by atoms with Crippen LogP contribution in [0, 0.1) is 0 Å². The summed E-state index contributed by atoms with van der Waals surface area (Å²) in [6.07, 6.45) is 0. The number of hydrogen-bond acceptors (Lipinski definition) is 2. The molecule has 55 heavy (non-hydrogen) atoms. The average Bonchev–Trinajstić information content (AvgIpc) is 3.50. The Balaban J connectivity index is 1.11. The number of hydrogen-bond donors (Lipinski definition) is 0. The summed E-state index contributed by atoms with van der Waals surface area (Å²) >= 11 is 0. The highest BCUT2D eigenvalue weighted by Crippen LogP contribution is 2.53. The van der Waals surface area contributed by atoms with Crippen molar-refractivity contribution in [2.24, 2.45) is 0 Å². The van der Waals surface area contributed by atoms with Gasteiger partial charge >= 0.3 is 0 Å². The van der Waals surface area contributed by atoms with Crippen molar-refractivity contribution in [2.45, 2.75) is 19.3 Å². The lowest BCUT2D eigenvalue weighted by Gasteiger charge is -2.22. The van der Waals surface area contributed by atoms with Crippen LogP contribution in [0.1, 0.15) is 25.0 Å². The Morgan fingerprint density at radius 2 is 0.836 bits per heavy atom. The molecule has 1 aromatic heterocycles. The molecule has 0 bridgehead atoms. The van der Waals surface area contributed by atoms with E-state index in [2.05, 4.69) is 190 Å². The Bertz CT molecular complexity index is 2870. The van der Waals surface area contributed by atoms with E-state index in [-0.39, 0.29) is 5.41 Å². The van der Waals surface area contributed by atoms with E-state index in [4.69, 9.17) is 9.97 Å². The van der Waals surface area contributed by atoms with Gasteiger partial charge in [0.1, 0.15) is 0 Å². The van der Waals surface area contributed by atoms with E-state index < -0.39 is 0 Å². The van der Waals surface area contributed by atoms with E-state index in [1.807, 2.05) is 18.2 Å². The number of fused-ring (bicyclic) bond motifs is 4. The van der Waals surface area contributed by atoms with Crippen LogP contribution in [-0.2, 0) is 5.41 Å². The first kappa shape index (κ1) is 32.7. The average molecular weight is 703 g/mol. The van der Waals surface area contributed by atoms with Crippen molar-refractivity contribution in [3.8, 4) is 78.4 Å². The second kappa shape index (κ2) is 13.2. The van der Waals surface area contributed by atoms with E-state index >= 15 is 0 Å². The molecule has 10 rings (SSSR count). The molecule has 0 amide bonds. The standard InChI is InChI=1S/C53H38N2/c1-53(2)47-25-12-11-23-46(47)51-45(24-14-26-48(51)53)43-31-32-44(42-22-10-9-21-41(42)43)50-34-49(54-52(55-50)38-17-7-4-8-18-38)40-20-13-19-39(33-40)37-29-27-36(28-30-37)35-15-5-3-6-16-35/h3-34H,1-2H3. The summed E-state index contributed by atoms with van der Waals surface area (Å²) in [5.74, 6) is 0.707. The molecule has 0 saturated heterocycles. The van der Waals surface area contributed by atoms with Crippen molar-refractivity contribution >= 4 is 10.8 Å². The summed E-state index contributed by atoms with van der Waals surface area (Å²) in [6.45, 7) is 4.69. The summed E-state index contributed by atoms with van der Waals surface area (Å²) in [5.41, 5.74) is 17.5. The Kier molecular flexibility index (Phi) is 7.85. The van der Waals surface area contributed by atoms with Gasteiger partial charge in [0.25, 0.3) is 0 Å². The Morgan fingerprint density at radius 1 is 0.327 bits per heavy atom. The molecule has 1 heterocycles. The lowest BCUT2D eigenvalue weighted by molar-refractivity contribution is 0.660. The van der Waals surface area contributed by atoms with Gasteiger partial charge in [-0.3, -0.25) is 0 Å². The SMILES string of the molecule is CC1(C)c2ccccc2-c2c(-c3ccc(-c4cc(-c5cccc(-c6ccc(-c7ccccc7)cc6)c5)nc(-c5ccccc5)n4)c4ccccc34)cccc21. The Hall–Kier alpha value is -6.90. The van der Waals surface area contributed by atoms with Gasteiger partial charge in [-0.2, -0.15) is 0 Å². The first-order valence-corrected chi connectivity index (χ1v) is 19.0. The van der Waals surface area contributed by atoms with Gasteiger partial charge in [-0.05, 0) is 78.5 Å². The highest BCUT2D eigenvalue weighted by Gasteiger charge is 2.36. The largest absolute Gasteiger partial charge is 0.228 e. The lowest BCUT2D eigenvalue weighted by atomic mass is 9.81. The van der Waals surface area contributed by atoms with Gasteiger partial charge in [-0.1, -0.05) is 196 Å². The molecular weight excluding hydrogens is 665 g/mol. The molecule has 9 aromatic rings. The number of rotatable bonds is 6. The normalized spacial score (nSPS) is 12.7. The first-order valence-electron chi connectivity index (χ1n) is 19.0. The Morgan fingerprint density at radius 3 is 1.60 bits per heavy atom. The summed E-state index contributed by atoms with van der Waals surface area (Å²) in [7, 11) is 0. The van der Waals surface area contributed by atoms with Crippen LogP contribution >= 0.6 is 0 Å². The number of aromatic nitrogens is 2. The summed E-state index contributed by atoms with van der Waals surface area (Å²) < 4.78 is 0. The van der Waals surface area contributed by atoms with Crippen molar-refractivity contribution in [3.63, 3.8) is 0 Å². The second-order valence-electron chi connectivity index (χ2n) is 15.0. The van der Waals surface area contributed by atoms with Gasteiger partial charge in [0, 0.05) is 22.1 Å². The van der Waals surface area contributed by atoms with Gasteiger partial charge in [0.2, 0.25) is 0 Å². The van der Waals surface area contributed by atoms with E-state index in [9.17, 15) is 0 Å². The minimum Gasteiger partial charge on any atom is -0.228 e. The smallest absolute Gasteiger partial charge is 0.160 e. The zero-order valence-electron chi connectivity index (χ0n) is 30.9. The van der Waals surface area contributed by atoms with E-state index in [0.717, 1.165) is 33.6 Å². The van der Waals surface area contributed by atoms with Gasteiger partial charge in [0.05, 0.1) is 11.4 Å². The van der Waals surface area contributed by atoms with Crippen LogP contribution in [0.2, 0.25) is 0 Å². The fraction of sp³-hybridized carbons (Fsp3) is 0.0566. The fourth-order valence-corrected chi connectivity index (χ4v) is 8.53. The number of benzene rings is 8. The topological polar surface area (TPSA) is 25.8 Å². The monoisotopic (exact) mass is 702 g/mol. The van der Waals surface area contributed by atoms with E-state index in [1.165, 1.54) is 60.8 Å². The zero-order chi connectivity index (χ0) is 36.9. The molecule has 2 nitrogen and oxygen atoms in total.